The highest BCUT2D eigenvalue weighted by Gasteiger charge is 2.23. The van der Waals surface area contributed by atoms with Gasteiger partial charge in [0.15, 0.2) is 0 Å². The Bertz CT molecular complexity index is 924. The largest absolute Gasteiger partial charge is 0.383 e. The molecule has 0 bridgehead atoms. The second kappa shape index (κ2) is 14.5. The number of nitrogens with zero attached hydrogens (tertiary/aromatic N) is 1. The molecule has 190 valence electrons. The average Bonchev–Trinajstić information content (AvgIpc) is 2.88. The van der Waals surface area contributed by atoms with Crippen LogP contribution in [0.3, 0.4) is 0 Å². The van der Waals surface area contributed by atoms with Crippen LogP contribution < -0.4 is 15.5 Å². The molecule has 2 aromatic carbocycles. The molecule has 0 radical (unpaired) electrons. The van der Waals surface area contributed by atoms with E-state index in [2.05, 4.69) is 52.8 Å². The van der Waals surface area contributed by atoms with Crippen molar-refractivity contribution in [1.29, 1.82) is 0 Å². The summed E-state index contributed by atoms with van der Waals surface area (Å²) < 4.78 is 5.08. The highest BCUT2D eigenvalue weighted by molar-refractivity contribution is 6.02. The van der Waals surface area contributed by atoms with Gasteiger partial charge in [-0.25, -0.2) is 0 Å². The van der Waals surface area contributed by atoms with E-state index >= 15 is 0 Å². The molecule has 2 amide bonds. The Hall–Kier alpha value is -2.86. The van der Waals surface area contributed by atoms with E-state index in [1.54, 1.807) is 7.11 Å². The fourth-order valence-electron chi connectivity index (χ4n) is 4.69. The number of unbranched alkanes of at least 4 members (excludes halogenated alkanes) is 3. The maximum Gasteiger partial charge on any atom is 0.253 e. The third-order valence-corrected chi connectivity index (χ3v) is 6.70. The number of carbonyl (C=O) groups excluding carboxylic acids is 2. The van der Waals surface area contributed by atoms with Crippen LogP contribution in [0.2, 0.25) is 0 Å². The van der Waals surface area contributed by atoms with Crippen LogP contribution in [0.25, 0.3) is 0 Å². The summed E-state index contributed by atoms with van der Waals surface area (Å²) in [6, 6.07) is 16.4. The lowest BCUT2D eigenvalue weighted by Crippen LogP contribution is -2.36. The lowest BCUT2D eigenvalue weighted by atomic mass is 9.89. The highest BCUT2D eigenvalue weighted by Crippen LogP contribution is 2.30. The Balaban J connectivity index is 1.66. The number of methoxy groups -OCH3 is 1. The third-order valence-electron chi connectivity index (χ3n) is 6.70. The second-order valence-electron chi connectivity index (χ2n) is 9.46. The predicted octanol–water partition coefficient (Wildman–Crippen LogP) is 5.43. The molecule has 1 aliphatic heterocycles. The van der Waals surface area contributed by atoms with Gasteiger partial charge in [-0.05, 0) is 55.4 Å². The van der Waals surface area contributed by atoms with Crippen molar-refractivity contribution in [2.24, 2.45) is 5.92 Å². The molecule has 0 aliphatic carbocycles. The molecule has 1 aliphatic rings. The Morgan fingerprint density at radius 3 is 2.51 bits per heavy atom. The zero-order valence-electron chi connectivity index (χ0n) is 21.4. The minimum absolute atomic E-state index is 0.00122. The number of hydrogen-bond donors (Lipinski definition) is 2. The minimum atomic E-state index is -0.137. The molecule has 1 fully saturated rings. The molecule has 0 saturated carbocycles. The quantitative estimate of drug-likeness (QED) is 0.376. The van der Waals surface area contributed by atoms with Crippen LogP contribution in [-0.2, 0) is 16.0 Å². The molecule has 1 saturated heterocycles. The summed E-state index contributed by atoms with van der Waals surface area (Å²) in [5.41, 5.74) is 3.59. The highest BCUT2D eigenvalue weighted by atomic mass is 16.5. The van der Waals surface area contributed by atoms with E-state index in [-0.39, 0.29) is 11.8 Å². The smallest absolute Gasteiger partial charge is 0.253 e. The van der Waals surface area contributed by atoms with Gasteiger partial charge in [0, 0.05) is 44.5 Å². The number of carbonyl (C=O) groups is 2. The number of amides is 2. The Morgan fingerprint density at radius 2 is 1.80 bits per heavy atom. The summed E-state index contributed by atoms with van der Waals surface area (Å²) in [4.78, 5) is 27.8. The van der Waals surface area contributed by atoms with Crippen molar-refractivity contribution in [3.8, 4) is 0 Å². The number of ether oxygens (including phenoxy) is 1. The lowest BCUT2D eigenvalue weighted by Gasteiger charge is -2.35. The first-order chi connectivity index (χ1) is 17.1. The fourth-order valence-corrected chi connectivity index (χ4v) is 4.69. The Labute approximate surface area is 210 Å². The zero-order valence-corrected chi connectivity index (χ0v) is 21.4. The van der Waals surface area contributed by atoms with E-state index in [4.69, 9.17) is 4.74 Å². The number of piperidine rings is 1. The van der Waals surface area contributed by atoms with Crippen LogP contribution in [0.5, 0.6) is 0 Å². The number of hydrogen-bond acceptors (Lipinski definition) is 4. The van der Waals surface area contributed by atoms with Gasteiger partial charge >= 0.3 is 0 Å². The normalized spacial score (nSPS) is 14.1. The Kier molecular flexibility index (Phi) is 11.1. The van der Waals surface area contributed by atoms with E-state index in [0.29, 0.717) is 36.7 Å². The average molecular weight is 480 g/mol. The molecule has 0 atom stereocenters. The van der Waals surface area contributed by atoms with Gasteiger partial charge in [0.2, 0.25) is 5.91 Å². The van der Waals surface area contributed by atoms with Crippen LogP contribution >= 0.6 is 0 Å². The summed E-state index contributed by atoms with van der Waals surface area (Å²) in [7, 11) is 1.62. The summed E-state index contributed by atoms with van der Waals surface area (Å²) in [5, 5.41) is 5.93. The monoisotopic (exact) mass is 479 g/mol. The SMILES string of the molecule is CCCCCCC(=O)Nc1ccc(N2CCC(Cc3ccccc3)CC2)c(C(=O)NCCOC)c1. The molecule has 0 unspecified atom stereocenters. The number of benzene rings is 2. The molecule has 6 nitrogen and oxygen atoms in total. The summed E-state index contributed by atoms with van der Waals surface area (Å²) >= 11 is 0. The van der Waals surface area contributed by atoms with Gasteiger partial charge in [0.25, 0.3) is 5.91 Å². The fraction of sp³-hybridized carbons (Fsp3) is 0.517. The number of rotatable bonds is 13. The topological polar surface area (TPSA) is 70.7 Å². The first-order valence-corrected chi connectivity index (χ1v) is 13.1. The van der Waals surface area contributed by atoms with Crippen LogP contribution in [0.1, 0.15) is 67.8 Å². The lowest BCUT2D eigenvalue weighted by molar-refractivity contribution is -0.116. The van der Waals surface area contributed by atoms with E-state index < -0.39 is 0 Å². The van der Waals surface area contributed by atoms with Gasteiger partial charge in [-0.15, -0.1) is 0 Å². The van der Waals surface area contributed by atoms with E-state index in [0.717, 1.165) is 63.7 Å². The summed E-state index contributed by atoms with van der Waals surface area (Å²) in [6.07, 6.45) is 8.04. The van der Waals surface area contributed by atoms with Crippen LogP contribution in [0.4, 0.5) is 11.4 Å². The molecule has 3 rings (SSSR count). The van der Waals surface area contributed by atoms with E-state index in [1.165, 1.54) is 5.56 Å². The van der Waals surface area contributed by atoms with Crippen molar-refractivity contribution in [1.82, 2.24) is 5.32 Å². The van der Waals surface area contributed by atoms with Gasteiger partial charge in [-0.2, -0.15) is 0 Å². The number of anilines is 2. The Morgan fingerprint density at radius 1 is 1.03 bits per heavy atom. The molecule has 6 heteroatoms. The number of nitrogens with one attached hydrogen (secondary N) is 2. The molecular weight excluding hydrogens is 438 g/mol. The molecule has 0 aromatic heterocycles. The standard InChI is InChI=1S/C29H41N3O3/c1-3-4-5-9-12-28(33)31-25-13-14-27(26(22-25)29(34)30-17-20-35-2)32-18-15-24(16-19-32)21-23-10-7-6-8-11-23/h6-8,10-11,13-14,22,24H,3-5,9,12,15-21H2,1-2H3,(H,30,34)(H,31,33). The van der Waals surface area contributed by atoms with Gasteiger partial charge in [0.05, 0.1) is 12.2 Å². The molecular formula is C29H41N3O3. The maximum absolute atomic E-state index is 13.1. The second-order valence-corrected chi connectivity index (χ2v) is 9.46. The van der Waals surface area contributed by atoms with Crippen LogP contribution in [-0.4, -0.2) is 45.2 Å². The maximum atomic E-state index is 13.1. The summed E-state index contributed by atoms with van der Waals surface area (Å²) in [5.74, 6) is 0.516. The molecule has 1 heterocycles. The van der Waals surface area contributed by atoms with Crippen molar-refractivity contribution in [2.45, 2.75) is 58.3 Å². The van der Waals surface area contributed by atoms with Gasteiger partial charge in [0.1, 0.15) is 0 Å². The van der Waals surface area contributed by atoms with Crippen LogP contribution in [0.15, 0.2) is 48.5 Å². The van der Waals surface area contributed by atoms with Crippen LogP contribution in [0, 0.1) is 5.92 Å². The third kappa shape index (κ3) is 8.70. The molecule has 2 N–H and O–H groups in total. The van der Waals surface area contributed by atoms with Gasteiger partial charge in [-0.1, -0.05) is 56.5 Å². The summed E-state index contributed by atoms with van der Waals surface area (Å²) in [6.45, 7) is 4.90. The molecule has 0 spiro atoms. The first kappa shape index (κ1) is 26.7. The van der Waals surface area contributed by atoms with Crippen molar-refractivity contribution < 1.29 is 14.3 Å². The molecule has 2 aromatic rings. The zero-order chi connectivity index (χ0) is 24.9. The van der Waals surface area contributed by atoms with E-state index in [9.17, 15) is 9.59 Å². The van der Waals surface area contributed by atoms with Crippen molar-refractivity contribution >= 4 is 23.2 Å². The molecule has 35 heavy (non-hydrogen) atoms. The van der Waals surface area contributed by atoms with Gasteiger partial charge in [-0.3, -0.25) is 9.59 Å². The first-order valence-electron chi connectivity index (χ1n) is 13.1. The predicted molar refractivity (Wildman–Crippen MR) is 143 cm³/mol. The minimum Gasteiger partial charge on any atom is -0.383 e. The van der Waals surface area contributed by atoms with Crippen molar-refractivity contribution in [2.75, 3.05) is 43.6 Å². The van der Waals surface area contributed by atoms with Crippen molar-refractivity contribution in [3.63, 3.8) is 0 Å². The van der Waals surface area contributed by atoms with Crippen molar-refractivity contribution in [3.05, 3.63) is 59.7 Å². The van der Waals surface area contributed by atoms with E-state index in [1.807, 2.05) is 18.2 Å². The van der Waals surface area contributed by atoms with Gasteiger partial charge < -0.3 is 20.3 Å².